The van der Waals surface area contributed by atoms with E-state index in [0.29, 0.717) is 26.0 Å². The Hall–Kier alpha value is -2.11. The summed E-state index contributed by atoms with van der Waals surface area (Å²) in [7, 11) is 0. The van der Waals surface area contributed by atoms with Gasteiger partial charge in [-0.15, -0.1) is 0 Å². The van der Waals surface area contributed by atoms with Crippen LogP contribution < -0.4 is 5.32 Å². The monoisotopic (exact) mass is 465 g/mol. The molecule has 2 atom stereocenters. The van der Waals surface area contributed by atoms with Crippen LogP contribution >= 0.6 is 15.9 Å². The maximum atomic E-state index is 12.7. The summed E-state index contributed by atoms with van der Waals surface area (Å²) >= 11 is 3.42. The maximum Gasteiger partial charge on any atom is 0.410 e. The third kappa shape index (κ3) is 7.33. The lowest BCUT2D eigenvalue weighted by atomic mass is 10.0. The average Bonchev–Trinajstić information content (AvgIpc) is 2.88. The summed E-state index contributed by atoms with van der Waals surface area (Å²) in [5.74, 6) is -0.401. The number of benzene rings is 1. The summed E-state index contributed by atoms with van der Waals surface area (Å²) in [6.45, 7) is 8.26. The number of nitriles is 1. The second-order valence-electron chi connectivity index (χ2n) is 8.10. The van der Waals surface area contributed by atoms with Gasteiger partial charge in [-0.1, -0.05) is 22.0 Å². The second-order valence-corrected chi connectivity index (χ2v) is 9.02. The number of nitrogens with zero attached hydrogens (tertiary/aromatic N) is 2. The van der Waals surface area contributed by atoms with Gasteiger partial charge in [-0.25, -0.2) is 4.79 Å². The minimum atomic E-state index is -0.841. The highest BCUT2D eigenvalue weighted by atomic mass is 79.9. The molecule has 29 heavy (non-hydrogen) atoms. The second kappa shape index (κ2) is 10.1. The number of nitrogens with one attached hydrogen (secondary N) is 1. The Morgan fingerprint density at radius 1 is 1.45 bits per heavy atom. The number of aryl methyl sites for hydroxylation is 1. The summed E-state index contributed by atoms with van der Waals surface area (Å²) in [5, 5.41) is 12.3. The molecule has 1 N–H and O–H groups in total. The standard InChI is InChI=1S/C21H28BrN3O4/c1-14-10-16(22)7-6-15(14)11-17(12-23)24-19(26)18-13-25(8-5-9-28-18)20(27)29-21(2,3)4/h6-7,10,17-18H,5,8-9,11,13H2,1-4H3,(H,24,26)/t17-,18-/m0/s1. The van der Waals surface area contributed by atoms with Crippen LogP contribution in [0.1, 0.15) is 38.3 Å². The molecule has 0 aliphatic carbocycles. The van der Waals surface area contributed by atoms with Gasteiger partial charge in [-0.2, -0.15) is 5.26 Å². The van der Waals surface area contributed by atoms with Crippen LogP contribution in [-0.4, -0.2) is 54.3 Å². The predicted octanol–water partition coefficient (Wildman–Crippen LogP) is 3.33. The van der Waals surface area contributed by atoms with Gasteiger partial charge >= 0.3 is 6.09 Å². The average molecular weight is 466 g/mol. The molecule has 0 unspecified atom stereocenters. The molecule has 158 valence electrons. The van der Waals surface area contributed by atoms with Crippen molar-refractivity contribution in [1.82, 2.24) is 10.2 Å². The zero-order valence-corrected chi connectivity index (χ0v) is 18.9. The molecule has 2 amide bonds. The number of ether oxygens (including phenoxy) is 2. The van der Waals surface area contributed by atoms with Crippen molar-refractivity contribution < 1.29 is 19.1 Å². The van der Waals surface area contributed by atoms with Crippen molar-refractivity contribution in [3.05, 3.63) is 33.8 Å². The highest BCUT2D eigenvalue weighted by Crippen LogP contribution is 2.18. The van der Waals surface area contributed by atoms with Crippen molar-refractivity contribution in [1.29, 1.82) is 5.26 Å². The fourth-order valence-corrected chi connectivity index (χ4v) is 3.45. The van der Waals surface area contributed by atoms with Crippen LogP contribution in [0.15, 0.2) is 22.7 Å². The van der Waals surface area contributed by atoms with Crippen molar-refractivity contribution in [3.8, 4) is 6.07 Å². The fraction of sp³-hybridized carbons (Fsp3) is 0.571. The van der Waals surface area contributed by atoms with Crippen molar-refractivity contribution >= 4 is 27.9 Å². The molecule has 0 radical (unpaired) electrons. The molecule has 1 aromatic carbocycles. The summed E-state index contributed by atoms with van der Waals surface area (Å²) in [4.78, 5) is 26.6. The normalized spacial score (nSPS) is 18.3. The minimum Gasteiger partial charge on any atom is -0.444 e. The molecule has 0 bridgehead atoms. The number of rotatable bonds is 4. The molecule has 1 saturated heterocycles. The van der Waals surface area contributed by atoms with Gasteiger partial charge in [0.2, 0.25) is 0 Å². The molecule has 0 aromatic heterocycles. The molecule has 0 saturated carbocycles. The van der Waals surface area contributed by atoms with Crippen LogP contribution in [0.5, 0.6) is 0 Å². The van der Waals surface area contributed by atoms with Gasteiger partial charge in [0.1, 0.15) is 11.6 Å². The van der Waals surface area contributed by atoms with Crippen LogP contribution in [0.2, 0.25) is 0 Å². The molecule has 1 fully saturated rings. The molecule has 2 rings (SSSR count). The zero-order chi connectivity index (χ0) is 21.6. The van der Waals surface area contributed by atoms with Crippen LogP contribution in [0.3, 0.4) is 0 Å². The van der Waals surface area contributed by atoms with Gasteiger partial charge in [0.25, 0.3) is 5.91 Å². The van der Waals surface area contributed by atoms with E-state index in [2.05, 4.69) is 27.3 Å². The number of hydrogen-bond acceptors (Lipinski definition) is 5. The van der Waals surface area contributed by atoms with Gasteiger partial charge in [0, 0.05) is 24.0 Å². The first kappa shape index (κ1) is 23.2. The van der Waals surface area contributed by atoms with Gasteiger partial charge in [-0.05, 0) is 57.4 Å². The Morgan fingerprint density at radius 3 is 2.79 bits per heavy atom. The van der Waals surface area contributed by atoms with E-state index in [0.717, 1.165) is 15.6 Å². The molecular formula is C21H28BrN3O4. The Labute approximate surface area is 180 Å². The molecule has 7 nitrogen and oxygen atoms in total. The lowest BCUT2D eigenvalue weighted by Crippen LogP contribution is -2.48. The number of hydrogen-bond donors (Lipinski definition) is 1. The number of amides is 2. The Balaban J connectivity index is 2.01. The molecule has 1 aliphatic rings. The van der Waals surface area contributed by atoms with Gasteiger partial charge in [0.15, 0.2) is 6.10 Å². The fourth-order valence-electron chi connectivity index (χ4n) is 2.98. The van der Waals surface area contributed by atoms with Gasteiger partial charge in [0.05, 0.1) is 12.6 Å². The first-order valence-electron chi connectivity index (χ1n) is 9.63. The summed E-state index contributed by atoms with van der Waals surface area (Å²) < 4.78 is 12.0. The Kier molecular flexibility index (Phi) is 8.05. The first-order chi connectivity index (χ1) is 13.6. The molecule has 0 spiro atoms. The predicted molar refractivity (Wildman–Crippen MR) is 112 cm³/mol. The largest absolute Gasteiger partial charge is 0.444 e. The number of carbonyl (C=O) groups excluding carboxylic acids is 2. The van der Waals surface area contributed by atoms with E-state index in [1.165, 1.54) is 4.90 Å². The van der Waals surface area contributed by atoms with Crippen molar-refractivity contribution in [3.63, 3.8) is 0 Å². The summed E-state index contributed by atoms with van der Waals surface area (Å²) in [5.41, 5.74) is 1.41. The smallest absolute Gasteiger partial charge is 0.410 e. The van der Waals surface area contributed by atoms with Crippen LogP contribution in [-0.2, 0) is 20.7 Å². The zero-order valence-electron chi connectivity index (χ0n) is 17.3. The first-order valence-corrected chi connectivity index (χ1v) is 10.4. The summed E-state index contributed by atoms with van der Waals surface area (Å²) in [6, 6.07) is 7.26. The molecule has 1 heterocycles. The van der Waals surface area contributed by atoms with Crippen molar-refractivity contribution in [2.45, 2.75) is 58.3 Å². The Morgan fingerprint density at radius 2 is 2.17 bits per heavy atom. The third-order valence-electron chi connectivity index (χ3n) is 4.42. The van der Waals surface area contributed by atoms with Crippen LogP contribution in [0.4, 0.5) is 4.79 Å². The molecular weight excluding hydrogens is 438 g/mol. The summed E-state index contributed by atoms with van der Waals surface area (Å²) in [6.07, 6.45) is -0.304. The topological polar surface area (TPSA) is 91.7 Å². The molecule has 1 aromatic rings. The lowest BCUT2D eigenvalue weighted by Gasteiger charge is -2.27. The van der Waals surface area contributed by atoms with E-state index < -0.39 is 29.7 Å². The minimum absolute atomic E-state index is 0.0935. The maximum absolute atomic E-state index is 12.7. The number of halogens is 1. The van der Waals surface area contributed by atoms with E-state index in [1.807, 2.05) is 25.1 Å². The van der Waals surface area contributed by atoms with E-state index >= 15 is 0 Å². The highest BCUT2D eigenvalue weighted by molar-refractivity contribution is 9.10. The molecule has 8 heteroatoms. The van der Waals surface area contributed by atoms with E-state index in [9.17, 15) is 14.9 Å². The van der Waals surface area contributed by atoms with Gasteiger partial charge in [-0.3, -0.25) is 4.79 Å². The lowest BCUT2D eigenvalue weighted by molar-refractivity contribution is -0.133. The van der Waals surface area contributed by atoms with E-state index in [4.69, 9.17) is 9.47 Å². The van der Waals surface area contributed by atoms with Crippen LogP contribution in [0.25, 0.3) is 0 Å². The molecule has 1 aliphatic heterocycles. The Bertz CT molecular complexity index is 785. The highest BCUT2D eigenvalue weighted by Gasteiger charge is 2.31. The van der Waals surface area contributed by atoms with E-state index in [1.54, 1.807) is 20.8 Å². The van der Waals surface area contributed by atoms with E-state index in [-0.39, 0.29) is 6.54 Å². The quantitative estimate of drug-likeness (QED) is 0.735. The van der Waals surface area contributed by atoms with Crippen molar-refractivity contribution in [2.75, 3.05) is 19.7 Å². The SMILES string of the molecule is Cc1cc(Br)ccc1C[C@@H](C#N)NC(=O)[C@@H]1CN(C(=O)OC(C)(C)C)CCCO1. The third-order valence-corrected chi connectivity index (χ3v) is 4.92. The van der Waals surface area contributed by atoms with Crippen LogP contribution in [0, 0.1) is 18.3 Å². The van der Waals surface area contributed by atoms with Gasteiger partial charge < -0.3 is 19.7 Å². The van der Waals surface area contributed by atoms with Crippen molar-refractivity contribution in [2.24, 2.45) is 0 Å². The number of carbonyl (C=O) groups is 2.